The number of benzene rings is 1. The highest BCUT2D eigenvalue weighted by Crippen LogP contribution is 2.35. The van der Waals surface area contributed by atoms with Crippen LogP contribution in [0, 0.1) is 12.3 Å². The van der Waals surface area contributed by atoms with Gasteiger partial charge in [-0.15, -0.1) is 0 Å². The van der Waals surface area contributed by atoms with Crippen LogP contribution in [0.1, 0.15) is 56.7 Å². The zero-order valence-corrected chi connectivity index (χ0v) is 19.5. The first-order valence-electron chi connectivity index (χ1n) is 11.5. The number of aromatic nitrogens is 2. The second-order valence-corrected chi connectivity index (χ2v) is 9.57. The number of carbonyl (C=O) groups is 2. The molecule has 3 heterocycles. The van der Waals surface area contributed by atoms with E-state index >= 15 is 0 Å². The van der Waals surface area contributed by atoms with Crippen molar-refractivity contribution in [1.82, 2.24) is 19.8 Å². The van der Waals surface area contributed by atoms with Gasteiger partial charge < -0.3 is 14.8 Å². The number of anilines is 1. The molecule has 0 bridgehead atoms. The lowest BCUT2D eigenvalue weighted by Gasteiger charge is -2.41. The van der Waals surface area contributed by atoms with Gasteiger partial charge in [-0.2, -0.15) is 0 Å². The number of rotatable bonds is 4. The lowest BCUT2D eigenvalue weighted by atomic mass is 9.76. The first kappa shape index (κ1) is 21.8. The highest BCUT2D eigenvalue weighted by atomic mass is 16.2. The van der Waals surface area contributed by atoms with E-state index in [1.54, 1.807) is 6.92 Å². The predicted molar refractivity (Wildman–Crippen MR) is 124 cm³/mol. The Bertz CT molecular complexity index is 989. The number of Topliss-reactive ketones (excluding diaryl/α,β-unsaturated/α-hetero) is 1. The number of fused-ring (bicyclic) bond motifs is 1. The summed E-state index contributed by atoms with van der Waals surface area (Å²) < 4.78 is 0. The molecule has 0 saturated carbocycles. The number of hydrogen-bond acceptors (Lipinski definition) is 5. The summed E-state index contributed by atoms with van der Waals surface area (Å²) in [7, 11) is 0. The van der Waals surface area contributed by atoms with Gasteiger partial charge in [0.15, 0.2) is 5.82 Å². The largest absolute Gasteiger partial charge is 0.366 e. The Kier molecular flexibility index (Phi) is 5.81. The third-order valence-corrected chi connectivity index (χ3v) is 7.34. The maximum atomic E-state index is 13.3. The first-order chi connectivity index (χ1) is 14.7. The summed E-state index contributed by atoms with van der Waals surface area (Å²) in [5.41, 5.74) is 3.69. The molecule has 1 N–H and O–H groups in total. The number of nitrogens with zero attached hydrogens (tertiary/aromatic N) is 4. The summed E-state index contributed by atoms with van der Waals surface area (Å²) in [4.78, 5) is 39.8. The van der Waals surface area contributed by atoms with Gasteiger partial charge in [-0.3, -0.25) is 14.5 Å². The Balaban J connectivity index is 1.57. The Hall–Kier alpha value is -2.41. The molecule has 2 saturated heterocycles. The molecule has 168 valence electrons. The van der Waals surface area contributed by atoms with Crippen molar-refractivity contribution in [3.05, 3.63) is 23.5 Å². The number of aryl methyl sites for hydroxylation is 1. The number of piperidine rings is 1. The summed E-state index contributed by atoms with van der Waals surface area (Å²) in [6, 6.07) is 4.69. The molecule has 0 spiro atoms. The average molecular weight is 426 g/mol. The maximum Gasteiger partial charge on any atom is 0.219 e. The normalized spacial score (nSPS) is 22.2. The Labute approximate surface area is 184 Å². The van der Waals surface area contributed by atoms with Crippen molar-refractivity contribution in [2.45, 2.75) is 53.5 Å². The topological polar surface area (TPSA) is 72.5 Å². The fraction of sp³-hybridized carbons (Fsp3) is 0.625. The molecule has 1 atom stereocenters. The SMILES string of the molecule is CCN1CCN(c2cc3nc(C(=O)C4(C)CCN(C(C)=O)CC4)[nH]c3cc2C)C(C)C1. The number of hydrogen-bond donors (Lipinski definition) is 1. The molecule has 0 radical (unpaired) electrons. The number of piperazine rings is 1. The molecule has 7 heteroatoms. The zero-order valence-electron chi connectivity index (χ0n) is 19.5. The quantitative estimate of drug-likeness (QED) is 0.762. The molecule has 1 aromatic carbocycles. The molecule has 31 heavy (non-hydrogen) atoms. The van der Waals surface area contributed by atoms with E-state index in [1.165, 1.54) is 11.3 Å². The first-order valence-corrected chi connectivity index (χ1v) is 11.5. The third-order valence-electron chi connectivity index (χ3n) is 7.34. The van der Waals surface area contributed by atoms with Crippen LogP contribution in [0.15, 0.2) is 12.1 Å². The highest BCUT2D eigenvalue weighted by molar-refractivity contribution is 6.00. The molecule has 7 nitrogen and oxygen atoms in total. The van der Waals surface area contributed by atoms with E-state index in [0.717, 1.165) is 37.2 Å². The van der Waals surface area contributed by atoms with E-state index in [-0.39, 0.29) is 11.7 Å². The number of H-pyrrole nitrogens is 1. The number of likely N-dealkylation sites (tertiary alicyclic amines) is 1. The van der Waals surface area contributed by atoms with Gasteiger partial charge in [0.2, 0.25) is 11.7 Å². The van der Waals surface area contributed by atoms with Crippen LogP contribution in [0.3, 0.4) is 0 Å². The molecule has 2 aromatic rings. The van der Waals surface area contributed by atoms with Gasteiger partial charge in [0.05, 0.1) is 11.0 Å². The molecule has 1 amide bonds. The van der Waals surface area contributed by atoms with E-state index in [0.29, 0.717) is 37.8 Å². The van der Waals surface area contributed by atoms with Gasteiger partial charge >= 0.3 is 0 Å². The number of nitrogens with one attached hydrogen (secondary N) is 1. The molecule has 0 aliphatic carbocycles. The van der Waals surface area contributed by atoms with Crippen LogP contribution in [0.5, 0.6) is 0 Å². The summed E-state index contributed by atoms with van der Waals surface area (Å²) in [5, 5.41) is 0. The lowest BCUT2D eigenvalue weighted by molar-refractivity contribution is -0.130. The second-order valence-electron chi connectivity index (χ2n) is 9.57. The number of aromatic amines is 1. The fourth-order valence-electron chi connectivity index (χ4n) is 5.08. The van der Waals surface area contributed by atoms with Crippen LogP contribution in [-0.2, 0) is 4.79 Å². The molecular formula is C24H35N5O2. The smallest absolute Gasteiger partial charge is 0.219 e. The van der Waals surface area contributed by atoms with Crippen molar-refractivity contribution < 1.29 is 9.59 Å². The van der Waals surface area contributed by atoms with Crippen molar-refractivity contribution in [2.75, 3.05) is 44.2 Å². The van der Waals surface area contributed by atoms with Crippen LogP contribution >= 0.6 is 0 Å². The molecule has 2 aliphatic rings. The molecular weight excluding hydrogens is 390 g/mol. The minimum atomic E-state index is -0.483. The van der Waals surface area contributed by atoms with Gasteiger partial charge in [-0.1, -0.05) is 13.8 Å². The standard InChI is InChI=1S/C24H35N5O2/c1-6-27-11-12-29(17(3)15-27)21-14-20-19(13-16(21)2)25-23(26-20)22(31)24(5)7-9-28(10-8-24)18(4)30/h13-14,17H,6-12,15H2,1-5H3,(H,25,26). The monoisotopic (exact) mass is 425 g/mol. The lowest BCUT2D eigenvalue weighted by Crippen LogP contribution is -2.52. The van der Waals surface area contributed by atoms with Crippen molar-refractivity contribution in [2.24, 2.45) is 5.41 Å². The number of carbonyl (C=O) groups excluding carboxylic acids is 2. The Morgan fingerprint density at radius 2 is 1.90 bits per heavy atom. The van der Waals surface area contributed by atoms with Gasteiger partial charge in [0.1, 0.15) is 0 Å². The van der Waals surface area contributed by atoms with E-state index in [1.807, 2.05) is 11.8 Å². The third kappa shape index (κ3) is 4.07. The molecule has 1 aromatic heterocycles. The van der Waals surface area contributed by atoms with Gasteiger partial charge in [0.25, 0.3) is 0 Å². The van der Waals surface area contributed by atoms with Crippen LogP contribution in [0.2, 0.25) is 0 Å². The fourth-order valence-corrected chi connectivity index (χ4v) is 5.08. The summed E-state index contributed by atoms with van der Waals surface area (Å²) >= 11 is 0. The molecule has 1 unspecified atom stereocenters. The van der Waals surface area contributed by atoms with Crippen LogP contribution in [0.4, 0.5) is 5.69 Å². The maximum absolute atomic E-state index is 13.3. The van der Waals surface area contributed by atoms with Crippen LogP contribution in [-0.4, -0.2) is 76.8 Å². The number of amides is 1. The summed E-state index contributed by atoms with van der Waals surface area (Å²) in [5.74, 6) is 0.570. The minimum absolute atomic E-state index is 0.0519. The Morgan fingerprint density at radius 3 is 2.52 bits per heavy atom. The molecule has 2 aliphatic heterocycles. The number of imidazole rings is 1. The number of likely N-dealkylation sites (N-methyl/N-ethyl adjacent to an activating group) is 1. The van der Waals surface area contributed by atoms with Crippen LogP contribution < -0.4 is 4.90 Å². The summed E-state index contributed by atoms with van der Waals surface area (Å²) in [6.07, 6.45) is 1.35. The van der Waals surface area contributed by atoms with Crippen LogP contribution in [0.25, 0.3) is 11.0 Å². The van der Waals surface area contributed by atoms with Crippen molar-refractivity contribution in [1.29, 1.82) is 0 Å². The molecule has 4 rings (SSSR count). The van der Waals surface area contributed by atoms with Gasteiger partial charge in [0, 0.05) is 56.8 Å². The van der Waals surface area contributed by atoms with Crippen molar-refractivity contribution in [3.63, 3.8) is 0 Å². The van der Waals surface area contributed by atoms with Crippen molar-refractivity contribution >= 4 is 28.4 Å². The minimum Gasteiger partial charge on any atom is -0.366 e. The number of ketones is 1. The van der Waals surface area contributed by atoms with Gasteiger partial charge in [-0.25, -0.2) is 4.98 Å². The van der Waals surface area contributed by atoms with E-state index < -0.39 is 5.41 Å². The van der Waals surface area contributed by atoms with E-state index in [2.05, 4.69) is 47.7 Å². The van der Waals surface area contributed by atoms with Gasteiger partial charge in [-0.05, 0) is 50.9 Å². The average Bonchev–Trinajstić information content (AvgIpc) is 3.15. The summed E-state index contributed by atoms with van der Waals surface area (Å²) in [6.45, 7) is 15.7. The molecule has 2 fully saturated rings. The highest BCUT2D eigenvalue weighted by Gasteiger charge is 2.39. The Morgan fingerprint density at radius 1 is 1.19 bits per heavy atom. The second kappa shape index (κ2) is 8.26. The predicted octanol–water partition coefficient (Wildman–Crippen LogP) is 3.23. The van der Waals surface area contributed by atoms with E-state index in [4.69, 9.17) is 4.98 Å². The zero-order chi connectivity index (χ0) is 22.3. The van der Waals surface area contributed by atoms with E-state index in [9.17, 15) is 9.59 Å². The van der Waals surface area contributed by atoms with Crippen molar-refractivity contribution in [3.8, 4) is 0 Å².